The summed E-state index contributed by atoms with van der Waals surface area (Å²) in [4.78, 5) is 0. The van der Waals surface area contributed by atoms with Crippen molar-refractivity contribution >= 4 is 0 Å². The van der Waals surface area contributed by atoms with Gasteiger partial charge in [-0.05, 0) is 82.8 Å². The van der Waals surface area contributed by atoms with Crippen LogP contribution in [0.5, 0.6) is 0 Å². The van der Waals surface area contributed by atoms with Crippen LogP contribution in [0.1, 0.15) is 47.5 Å². The lowest BCUT2D eigenvalue weighted by atomic mass is 9.69. The van der Waals surface area contributed by atoms with Gasteiger partial charge in [0.2, 0.25) is 0 Å². The molecule has 1 N–H and O–H groups in total. The molecule has 2 rings (SSSR count). The quantitative estimate of drug-likeness (QED) is 0.765. The standard InChI is InChI=1S/C18H27N/c1-6-7-16-14(4)15(5)17(12-13(2)3)18(16)8-10-19-11-9-18/h6-7,12,19H,8-11H2,1-5H3/b7-6-. The number of piperidine rings is 1. The van der Waals surface area contributed by atoms with Crippen molar-refractivity contribution in [2.45, 2.75) is 47.5 Å². The predicted octanol–water partition coefficient (Wildman–Crippen LogP) is 4.55. The Kier molecular flexibility index (Phi) is 4.15. The van der Waals surface area contributed by atoms with E-state index in [0.29, 0.717) is 0 Å². The van der Waals surface area contributed by atoms with Crippen molar-refractivity contribution in [2.24, 2.45) is 5.41 Å². The van der Waals surface area contributed by atoms with E-state index in [0.717, 1.165) is 13.1 Å². The van der Waals surface area contributed by atoms with Crippen LogP contribution < -0.4 is 5.32 Å². The smallest absolute Gasteiger partial charge is 0.0232 e. The van der Waals surface area contributed by atoms with E-state index in [1.165, 1.54) is 29.6 Å². The molecule has 1 saturated heterocycles. The fourth-order valence-electron chi connectivity index (χ4n) is 3.65. The molecule has 0 aromatic carbocycles. The summed E-state index contributed by atoms with van der Waals surface area (Å²) in [7, 11) is 0. The summed E-state index contributed by atoms with van der Waals surface area (Å²) in [5.74, 6) is 0. The Labute approximate surface area is 118 Å². The minimum absolute atomic E-state index is 0.267. The summed E-state index contributed by atoms with van der Waals surface area (Å²) in [5.41, 5.74) is 7.79. The van der Waals surface area contributed by atoms with E-state index in [2.05, 4.69) is 58.2 Å². The molecule has 0 radical (unpaired) electrons. The normalized spacial score (nSPS) is 22.8. The van der Waals surface area contributed by atoms with E-state index in [-0.39, 0.29) is 5.41 Å². The molecule has 0 bridgehead atoms. The number of allylic oxidation sites excluding steroid dienone is 8. The Bertz CT molecular complexity index is 476. The molecule has 1 fully saturated rings. The van der Waals surface area contributed by atoms with Gasteiger partial charge >= 0.3 is 0 Å². The van der Waals surface area contributed by atoms with Crippen LogP contribution in [0.3, 0.4) is 0 Å². The molecule has 1 aliphatic heterocycles. The Morgan fingerprint density at radius 2 is 1.63 bits per heavy atom. The second-order valence-corrected chi connectivity index (χ2v) is 6.13. The molecule has 2 aliphatic rings. The van der Waals surface area contributed by atoms with Crippen LogP contribution in [0.4, 0.5) is 0 Å². The van der Waals surface area contributed by atoms with E-state index in [1.807, 2.05) is 0 Å². The highest BCUT2D eigenvalue weighted by atomic mass is 14.9. The first-order valence-corrected chi connectivity index (χ1v) is 7.44. The third kappa shape index (κ3) is 2.36. The van der Waals surface area contributed by atoms with Gasteiger partial charge in [0.05, 0.1) is 0 Å². The van der Waals surface area contributed by atoms with Crippen molar-refractivity contribution in [3.05, 3.63) is 46.1 Å². The highest BCUT2D eigenvalue weighted by Crippen LogP contribution is 2.53. The van der Waals surface area contributed by atoms with Crippen molar-refractivity contribution < 1.29 is 0 Å². The number of hydrogen-bond donors (Lipinski definition) is 1. The second kappa shape index (κ2) is 5.50. The van der Waals surface area contributed by atoms with E-state index in [9.17, 15) is 0 Å². The summed E-state index contributed by atoms with van der Waals surface area (Å²) in [5, 5.41) is 3.51. The van der Waals surface area contributed by atoms with E-state index in [1.54, 1.807) is 11.1 Å². The number of hydrogen-bond acceptors (Lipinski definition) is 1. The second-order valence-electron chi connectivity index (χ2n) is 6.13. The summed E-state index contributed by atoms with van der Waals surface area (Å²) in [6.45, 7) is 13.4. The zero-order chi connectivity index (χ0) is 14.0. The molecule has 1 heteroatoms. The Morgan fingerprint density at radius 1 is 1.05 bits per heavy atom. The topological polar surface area (TPSA) is 12.0 Å². The molecule has 0 aromatic heterocycles. The van der Waals surface area contributed by atoms with E-state index >= 15 is 0 Å². The maximum absolute atomic E-state index is 3.51. The molecule has 0 saturated carbocycles. The van der Waals surface area contributed by atoms with Crippen molar-refractivity contribution in [1.29, 1.82) is 0 Å². The first kappa shape index (κ1) is 14.3. The van der Waals surface area contributed by atoms with Crippen LogP contribution in [0, 0.1) is 5.41 Å². The molecular weight excluding hydrogens is 230 g/mol. The van der Waals surface area contributed by atoms with Gasteiger partial charge in [0.1, 0.15) is 0 Å². The molecular formula is C18H27N. The van der Waals surface area contributed by atoms with Gasteiger partial charge in [0, 0.05) is 5.41 Å². The van der Waals surface area contributed by atoms with Crippen molar-refractivity contribution in [3.63, 3.8) is 0 Å². The fourth-order valence-corrected chi connectivity index (χ4v) is 3.65. The lowest BCUT2D eigenvalue weighted by Gasteiger charge is -2.38. The van der Waals surface area contributed by atoms with E-state index < -0.39 is 0 Å². The molecule has 1 aliphatic carbocycles. The summed E-state index contributed by atoms with van der Waals surface area (Å²) < 4.78 is 0. The van der Waals surface area contributed by atoms with Crippen molar-refractivity contribution in [1.82, 2.24) is 5.32 Å². The summed E-state index contributed by atoms with van der Waals surface area (Å²) >= 11 is 0. The van der Waals surface area contributed by atoms with Crippen LogP contribution in [0.2, 0.25) is 0 Å². The van der Waals surface area contributed by atoms with Crippen LogP contribution in [-0.2, 0) is 0 Å². The van der Waals surface area contributed by atoms with Gasteiger partial charge in [-0.25, -0.2) is 0 Å². The Hall–Kier alpha value is -1.08. The Morgan fingerprint density at radius 3 is 2.16 bits per heavy atom. The van der Waals surface area contributed by atoms with Crippen LogP contribution >= 0.6 is 0 Å². The lowest BCUT2D eigenvalue weighted by molar-refractivity contribution is 0.319. The third-order valence-corrected chi connectivity index (χ3v) is 4.63. The summed E-state index contributed by atoms with van der Waals surface area (Å²) in [6, 6.07) is 0. The number of nitrogens with one attached hydrogen (secondary N) is 1. The first-order chi connectivity index (χ1) is 9.03. The third-order valence-electron chi connectivity index (χ3n) is 4.63. The van der Waals surface area contributed by atoms with Crippen LogP contribution in [-0.4, -0.2) is 13.1 Å². The van der Waals surface area contributed by atoms with Gasteiger partial charge in [-0.1, -0.05) is 23.8 Å². The Balaban J connectivity index is 2.57. The molecule has 104 valence electrons. The molecule has 19 heavy (non-hydrogen) atoms. The number of rotatable bonds is 2. The minimum atomic E-state index is 0.267. The van der Waals surface area contributed by atoms with E-state index in [4.69, 9.17) is 0 Å². The molecule has 1 spiro atoms. The van der Waals surface area contributed by atoms with Crippen molar-refractivity contribution in [3.8, 4) is 0 Å². The maximum Gasteiger partial charge on any atom is 0.0232 e. The molecule has 1 heterocycles. The monoisotopic (exact) mass is 257 g/mol. The zero-order valence-corrected chi connectivity index (χ0v) is 13.1. The highest BCUT2D eigenvalue weighted by Gasteiger charge is 2.43. The zero-order valence-electron chi connectivity index (χ0n) is 13.1. The van der Waals surface area contributed by atoms with Gasteiger partial charge in [-0.15, -0.1) is 0 Å². The van der Waals surface area contributed by atoms with Gasteiger partial charge < -0.3 is 5.32 Å². The highest BCUT2D eigenvalue weighted by molar-refractivity contribution is 5.59. The van der Waals surface area contributed by atoms with Crippen LogP contribution in [0.25, 0.3) is 0 Å². The van der Waals surface area contributed by atoms with Gasteiger partial charge in [0.25, 0.3) is 0 Å². The summed E-state index contributed by atoms with van der Waals surface area (Å²) in [6.07, 6.45) is 9.40. The van der Waals surface area contributed by atoms with Crippen LogP contribution in [0.15, 0.2) is 46.1 Å². The largest absolute Gasteiger partial charge is 0.317 e. The minimum Gasteiger partial charge on any atom is -0.317 e. The fraction of sp³-hybridized carbons (Fsp3) is 0.556. The first-order valence-electron chi connectivity index (χ1n) is 7.44. The molecule has 0 amide bonds. The molecule has 0 aromatic rings. The van der Waals surface area contributed by atoms with Gasteiger partial charge in [0.15, 0.2) is 0 Å². The van der Waals surface area contributed by atoms with Gasteiger partial charge in [-0.2, -0.15) is 0 Å². The predicted molar refractivity (Wildman–Crippen MR) is 84.2 cm³/mol. The van der Waals surface area contributed by atoms with Gasteiger partial charge in [-0.3, -0.25) is 0 Å². The molecule has 1 nitrogen and oxygen atoms in total. The van der Waals surface area contributed by atoms with Crippen molar-refractivity contribution in [2.75, 3.05) is 13.1 Å². The SMILES string of the molecule is C/C=C\C1=C(C)C(C)=C(C=C(C)C)C12CCNCC2. The molecule has 0 atom stereocenters. The molecule has 0 unspecified atom stereocenters. The average Bonchev–Trinajstić information content (AvgIpc) is 2.56. The lowest BCUT2D eigenvalue weighted by Crippen LogP contribution is -2.37. The average molecular weight is 257 g/mol. The maximum atomic E-state index is 3.51.